The van der Waals surface area contributed by atoms with Crippen LogP contribution in [0.3, 0.4) is 0 Å². The third-order valence-corrected chi connectivity index (χ3v) is 4.20. The minimum atomic E-state index is -0.151. The Morgan fingerprint density at radius 2 is 2.10 bits per heavy atom. The van der Waals surface area contributed by atoms with E-state index in [0.717, 1.165) is 31.6 Å². The predicted octanol–water partition coefficient (Wildman–Crippen LogP) is 0.836. The molecule has 112 valence electrons. The molecule has 1 heterocycles. The number of halogens is 1. The smallest absolute Gasteiger partial charge is 0.126 e. The summed E-state index contributed by atoms with van der Waals surface area (Å²) in [6, 6.07) is 7.47. The number of hydrazine groups is 1. The Morgan fingerprint density at radius 3 is 2.80 bits per heavy atom. The number of nitrogens with one attached hydrogen (secondary N) is 1. The van der Waals surface area contributed by atoms with E-state index in [2.05, 4.69) is 29.3 Å². The summed E-state index contributed by atoms with van der Waals surface area (Å²) in [5.74, 6) is 5.51. The highest BCUT2D eigenvalue weighted by molar-refractivity contribution is 5.18. The minimum absolute atomic E-state index is 0.0887. The summed E-state index contributed by atoms with van der Waals surface area (Å²) in [6.45, 7) is 3.20. The van der Waals surface area contributed by atoms with E-state index in [4.69, 9.17) is 5.84 Å². The molecule has 2 rings (SSSR count). The third kappa shape index (κ3) is 3.99. The molecule has 1 aromatic rings. The Bertz CT molecular complexity index is 426. The maximum atomic E-state index is 13.7. The number of piperazine rings is 1. The Hall–Kier alpha value is -1.01. The molecule has 1 fully saturated rings. The van der Waals surface area contributed by atoms with Crippen molar-refractivity contribution in [2.45, 2.75) is 24.9 Å². The van der Waals surface area contributed by atoms with Gasteiger partial charge < -0.3 is 9.80 Å². The molecule has 1 saturated heterocycles. The van der Waals surface area contributed by atoms with E-state index in [-0.39, 0.29) is 11.9 Å². The molecule has 3 N–H and O–H groups in total. The average Bonchev–Trinajstić information content (AvgIpc) is 2.44. The van der Waals surface area contributed by atoms with E-state index in [1.165, 1.54) is 6.07 Å². The van der Waals surface area contributed by atoms with E-state index in [0.29, 0.717) is 12.5 Å². The molecule has 2 unspecified atom stereocenters. The first-order valence-corrected chi connectivity index (χ1v) is 7.18. The summed E-state index contributed by atoms with van der Waals surface area (Å²) < 4.78 is 13.7. The van der Waals surface area contributed by atoms with Crippen molar-refractivity contribution < 1.29 is 4.39 Å². The van der Waals surface area contributed by atoms with Crippen LogP contribution in [0.5, 0.6) is 0 Å². The quantitative estimate of drug-likeness (QED) is 0.619. The van der Waals surface area contributed by atoms with Crippen LogP contribution < -0.4 is 11.3 Å². The lowest BCUT2D eigenvalue weighted by Crippen LogP contribution is -2.53. The number of benzene rings is 1. The molecule has 1 aliphatic rings. The van der Waals surface area contributed by atoms with Gasteiger partial charge in [0.2, 0.25) is 0 Å². The van der Waals surface area contributed by atoms with Gasteiger partial charge in [0.15, 0.2) is 0 Å². The molecule has 0 aromatic heterocycles. The second kappa shape index (κ2) is 7.13. The molecule has 0 radical (unpaired) electrons. The van der Waals surface area contributed by atoms with Crippen LogP contribution >= 0.6 is 0 Å². The Labute approximate surface area is 120 Å². The van der Waals surface area contributed by atoms with Gasteiger partial charge >= 0.3 is 0 Å². The lowest BCUT2D eigenvalue weighted by atomic mass is 9.97. The van der Waals surface area contributed by atoms with E-state index < -0.39 is 0 Å². The first-order valence-electron chi connectivity index (χ1n) is 7.18. The average molecular weight is 280 g/mol. The molecule has 20 heavy (non-hydrogen) atoms. The summed E-state index contributed by atoms with van der Waals surface area (Å²) >= 11 is 0. The van der Waals surface area contributed by atoms with Gasteiger partial charge in [-0.25, -0.2) is 4.39 Å². The molecule has 4 nitrogen and oxygen atoms in total. The van der Waals surface area contributed by atoms with E-state index in [1.807, 2.05) is 12.1 Å². The fourth-order valence-electron chi connectivity index (χ4n) is 2.82. The minimum Gasteiger partial charge on any atom is -0.304 e. The van der Waals surface area contributed by atoms with Gasteiger partial charge in [-0.05, 0) is 38.6 Å². The van der Waals surface area contributed by atoms with Crippen molar-refractivity contribution >= 4 is 0 Å². The SMILES string of the molecule is CN1CCN(C)C(CC(Cc2ccccc2F)NN)C1. The number of likely N-dealkylation sites (N-methyl/N-ethyl adjacent to an activating group) is 2. The zero-order valence-electron chi connectivity index (χ0n) is 12.3. The van der Waals surface area contributed by atoms with Crippen molar-refractivity contribution in [3.63, 3.8) is 0 Å². The summed E-state index contributed by atoms with van der Waals surface area (Å²) in [7, 11) is 4.29. The van der Waals surface area contributed by atoms with Gasteiger partial charge in [0, 0.05) is 31.7 Å². The van der Waals surface area contributed by atoms with Crippen LogP contribution in [0.2, 0.25) is 0 Å². The van der Waals surface area contributed by atoms with Crippen LogP contribution in [-0.2, 0) is 6.42 Å². The Kier molecular flexibility index (Phi) is 5.48. The van der Waals surface area contributed by atoms with Crippen LogP contribution in [0.1, 0.15) is 12.0 Å². The Balaban J connectivity index is 1.96. The molecule has 5 heteroatoms. The summed E-state index contributed by atoms with van der Waals surface area (Å²) in [4.78, 5) is 4.70. The first kappa shape index (κ1) is 15.4. The molecule has 0 bridgehead atoms. The van der Waals surface area contributed by atoms with Gasteiger partial charge in [0.05, 0.1) is 0 Å². The predicted molar refractivity (Wildman–Crippen MR) is 79.7 cm³/mol. The lowest BCUT2D eigenvalue weighted by molar-refractivity contribution is 0.101. The van der Waals surface area contributed by atoms with Crippen molar-refractivity contribution in [1.29, 1.82) is 0 Å². The van der Waals surface area contributed by atoms with Crippen molar-refractivity contribution in [2.24, 2.45) is 5.84 Å². The first-order chi connectivity index (χ1) is 9.60. The fraction of sp³-hybridized carbons (Fsp3) is 0.600. The molecule has 0 saturated carbocycles. The van der Waals surface area contributed by atoms with Gasteiger partial charge in [-0.3, -0.25) is 11.3 Å². The molecule has 2 atom stereocenters. The molecule has 0 aliphatic carbocycles. The molecule has 0 amide bonds. The zero-order chi connectivity index (χ0) is 14.5. The molecule has 1 aliphatic heterocycles. The van der Waals surface area contributed by atoms with Crippen LogP contribution in [0, 0.1) is 5.82 Å². The normalized spacial score (nSPS) is 22.9. The van der Waals surface area contributed by atoms with Crippen molar-refractivity contribution in [3.05, 3.63) is 35.6 Å². The molecule has 0 spiro atoms. The van der Waals surface area contributed by atoms with E-state index in [9.17, 15) is 4.39 Å². The molecular weight excluding hydrogens is 255 g/mol. The van der Waals surface area contributed by atoms with E-state index >= 15 is 0 Å². The van der Waals surface area contributed by atoms with Crippen molar-refractivity contribution in [2.75, 3.05) is 33.7 Å². The largest absolute Gasteiger partial charge is 0.304 e. The number of hydrogen-bond acceptors (Lipinski definition) is 4. The van der Waals surface area contributed by atoms with Gasteiger partial charge in [0.25, 0.3) is 0 Å². The lowest BCUT2D eigenvalue weighted by Gasteiger charge is -2.39. The maximum absolute atomic E-state index is 13.7. The van der Waals surface area contributed by atoms with Crippen molar-refractivity contribution in [3.8, 4) is 0 Å². The van der Waals surface area contributed by atoms with Crippen molar-refractivity contribution in [1.82, 2.24) is 15.2 Å². The number of nitrogens with two attached hydrogens (primary N) is 1. The van der Waals surface area contributed by atoms with Gasteiger partial charge in [0.1, 0.15) is 5.82 Å². The standard InChI is InChI=1S/C15H25FN4/c1-19-7-8-20(2)14(11-19)10-13(18-17)9-12-5-3-4-6-15(12)16/h3-6,13-14,18H,7-11,17H2,1-2H3. The topological polar surface area (TPSA) is 44.5 Å². The zero-order valence-corrected chi connectivity index (χ0v) is 12.3. The van der Waals surface area contributed by atoms with Gasteiger partial charge in [-0.1, -0.05) is 18.2 Å². The monoisotopic (exact) mass is 280 g/mol. The van der Waals surface area contributed by atoms with Crippen LogP contribution in [0.4, 0.5) is 4.39 Å². The van der Waals surface area contributed by atoms with Crippen LogP contribution in [0.25, 0.3) is 0 Å². The number of hydrogen-bond donors (Lipinski definition) is 2. The number of nitrogens with zero attached hydrogens (tertiary/aromatic N) is 2. The molecular formula is C15H25FN4. The summed E-state index contributed by atoms with van der Waals surface area (Å²) in [6.07, 6.45) is 1.54. The highest BCUT2D eigenvalue weighted by Gasteiger charge is 2.25. The third-order valence-electron chi connectivity index (χ3n) is 4.20. The van der Waals surface area contributed by atoms with Crippen LogP contribution in [0.15, 0.2) is 24.3 Å². The fourth-order valence-corrected chi connectivity index (χ4v) is 2.82. The van der Waals surface area contributed by atoms with Gasteiger partial charge in [-0.2, -0.15) is 0 Å². The second-order valence-corrected chi connectivity index (χ2v) is 5.79. The van der Waals surface area contributed by atoms with Gasteiger partial charge in [-0.15, -0.1) is 0 Å². The van der Waals surface area contributed by atoms with Crippen LogP contribution in [-0.4, -0.2) is 55.6 Å². The summed E-state index contributed by atoms with van der Waals surface area (Å²) in [5, 5.41) is 0. The highest BCUT2D eigenvalue weighted by atomic mass is 19.1. The molecule has 1 aromatic carbocycles. The second-order valence-electron chi connectivity index (χ2n) is 5.79. The maximum Gasteiger partial charge on any atom is 0.126 e. The summed E-state index contributed by atoms with van der Waals surface area (Å²) in [5.41, 5.74) is 3.57. The number of rotatable bonds is 5. The van der Waals surface area contributed by atoms with E-state index in [1.54, 1.807) is 6.07 Å². The Morgan fingerprint density at radius 1 is 1.35 bits per heavy atom. The highest BCUT2D eigenvalue weighted by Crippen LogP contribution is 2.16.